The van der Waals surface area contributed by atoms with Crippen molar-refractivity contribution in [3.63, 3.8) is 0 Å². The lowest BCUT2D eigenvalue weighted by Gasteiger charge is -2.10. The van der Waals surface area contributed by atoms with Gasteiger partial charge in [-0.3, -0.25) is 0 Å². The molecule has 0 bridgehead atoms. The molecule has 81 heavy (non-hydrogen) atoms. The summed E-state index contributed by atoms with van der Waals surface area (Å²) in [5, 5.41) is 0.111. The fourth-order valence-electron chi connectivity index (χ4n) is 9.22. The van der Waals surface area contributed by atoms with Crippen molar-refractivity contribution in [1.29, 1.82) is 0 Å². The van der Waals surface area contributed by atoms with E-state index >= 15 is 0 Å². The lowest BCUT2D eigenvalue weighted by Crippen LogP contribution is -2.11. The zero-order valence-electron chi connectivity index (χ0n) is 48.5. The Kier molecular flexibility index (Phi) is 32.6. The summed E-state index contributed by atoms with van der Waals surface area (Å²) in [5.74, 6) is -0.505. The average Bonchev–Trinajstić information content (AvgIpc) is 3.49. The monoisotopic (exact) mass is 1120 g/mol. The van der Waals surface area contributed by atoms with Gasteiger partial charge in [0.25, 0.3) is 0 Å². The highest BCUT2D eigenvalue weighted by atomic mass is 35.5. The van der Waals surface area contributed by atoms with E-state index < -0.39 is 23.9 Å². The Balaban J connectivity index is 0.927. The van der Waals surface area contributed by atoms with Crippen molar-refractivity contribution in [2.24, 2.45) is 0 Å². The molecule has 5 rings (SSSR count). The predicted octanol–water partition coefficient (Wildman–Crippen LogP) is 19.7. The summed E-state index contributed by atoms with van der Waals surface area (Å²) in [6.07, 6.45) is 42.9. The number of esters is 4. The molecule has 0 aliphatic rings. The Labute approximate surface area is 489 Å². The number of carbonyl (C=O) groups is 4. The highest BCUT2D eigenvalue weighted by Crippen LogP contribution is 2.31. The molecule has 0 heterocycles. The molecule has 0 unspecified atom stereocenters. The number of halogens is 1. The van der Waals surface area contributed by atoms with E-state index in [1.165, 1.54) is 246 Å². The van der Waals surface area contributed by atoms with E-state index in [9.17, 15) is 19.2 Å². The van der Waals surface area contributed by atoms with Gasteiger partial charge in [-0.05, 0) is 121 Å². The van der Waals surface area contributed by atoms with Crippen LogP contribution in [0, 0.1) is 0 Å². The second-order valence-electron chi connectivity index (χ2n) is 21.0. The Morgan fingerprint density at radius 2 is 0.654 bits per heavy atom. The molecule has 0 aliphatic heterocycles. The summed E-state index contributed by atoms with van der Waals surface area (Å²) in [4.78, 5) is 51.4. The smallest absolute Gasteiger partial charge is 0.343 e. The van der Waals surface area contributed by atoms with Crippen LogP contribution >= 0.6 is 11.6 Å². The number of ether oxygens (including phenoxy) is 6. The van der Waals surface area contributed by atoms with Crippen molar-refractivity contribution in [2.75, 3.05) is 13.2 Å². The molecule has 0 radical (unpaired) electrons. The standard InChI is InChI=1S/C70H89ClO10/c1-3-5-7-9-11-13-15-17-19-21-23-25-27-29-53-76-60-41-31-56(32-42-60)35-51-67(72)78-62-45-37-58(38-46-62)69(74)80-64-49-50-65(71)66(55-64)81-70(75)59-39-47-63(48-40-59)79-68(73)52-36-57-33-43-61(44-34-57)77-54-30-28-26-24-22-20-18-16-14-12-10-8-6-4-2/h31-52,55H,3-30,53-54H2,1-2H3/b51-35+,52-36+. The number of unbranched alkanes of at least 4 members (excludes halogenated alkanes) is 26. The minimum Gasteiger partial charge on any atom is -0.494 e. The van der Waals surface area contributed by atoms with Gasteiger partial charge in [0.2, 0.25) is 0 Å². The molecular formula is C70H89ClO10. The van der Waals surface area contributed by atoms with Crippen molar-refractivity contribution in [1.82, 2.24) is 0 Å². The predicted molar refractivity (Wildman–Crippen MR) is 328 cm³/mol. The van der Waals surface area contributed by atoms with Crippen molar-refractivity contribution < 1.29 is 47.6 Å². The first kappa shape index (κ1) is 65.2. The quantitative estimate of drug-likeness (QED) is 0.0161. The molecule has 5 aromatic carbocycles. The number of rotatable bonds is 42. The van der Waals surface area contributed by atoms with Gasteiger partial charge in [0.05, 0.1) is 29.4 Å². The van der Waals surface area contributed by atoms with Crippen LogP contribution in [-0.2, 0) is 9.59 Å². The number of benzene rings is 5. The molecule has 0 N–H and O–H groups in total. The van der Waals surface area contributed by atoms with Crippen molar-refractivity contribution in [3.8, 4) is 34.5 Å². The molecule has 0 amide bonds. The zero-order chi connectivity index (χ0) is 57.4. The van der Waals surface area contributed by atoms with Gasteiger partial charge in [-0.25, -0.2) is 19.2 Å². The summed E-state index contributed by atoms with van der Waals surface area (Å²) >= 11 is 6.35. The minimum absolute atomic E-state index is 0.0350. The van der Waals surface area contributed by atoms with Crippen molar-refractivity contribution in [2.45, 2.75) is 194 Å². The fraction of sp³-hybridized carbons (Fsp3) is 0.457. The lowest BCUT2D eigenvalue weighted by molar-refractivity contribution is -0.129. The second kappa shape index (κ2) is 40.5. The number of hydrogen-bond acceptors (Lipinski definition) is 10. The van der Waals surface area contributed by atoms with E-state index in [1.54, 1.807) is 12.2 Å². The second-order valence-corrected chi connectivity index (χ2v) is 21.4. The van der Waals surface area contributed by atoms with Gasteiger partial charge in [0, 0.05) is 18.2 Å². The molecule has 436 valence electrons. The summed E-state index contributed by atoms with van der Waals surface area (Å²) in [6.45, 7) is 5.90. The van der Waals surface area contributed by atoms with Crippen LogP contribution in [0.3, 0.4) is 0 Å². The van der Waals surface area contributed by atoms with Crippen LogP contribution in [0.25, 0.3) is 12.2 Å². The Morgan fingerprint density at radius 3 is 1.01 bits per heavy atom. The Bertz CT molecular complexity index is 2600. The third kappa shape index (κ3) is 28.6. The van der Waals surface area contributed by atoms with E-state index in [4.69, 9.17) is 40.0 Å². The average molecular weight is 1130 g/mol. The van der Waals surface area contributed by atoms with Crippen molar-refractivity contribution >= 4 is 47.6 Å². The van der Waals surface area contributed by atoms with E-state index in [0.717, 1.165) is 35.5 Å². The Morgan fingerprint density at radius 1 is 0.346 bits per heavy atom. The van der Waals surface area contributed by atoms with E-state index in [-0.39, 0.29) is 39.1 Å². The number of carbonyl (C=O) groups excluding carboxylic acids is 4. The SMILES string of the molecule is CCCCCCCCCCCCCCCCOc1ccc(/C=C/C(=O)Oc2ccc(C(=O)Oc3ccc(Cl)c(OC(=O)c4ccc(OC(=O)/C=C/c5ccc(OCCCCCCCCCCCCCCCC)cc5)cc4)c3)cc2)cc1. The van der Waals surface area contributed by atoms with Crippen LogP contribution in [-0.4, -0.2) is 37.1 Å². The zero-order valence-corrected chi connectivity index (χ0v) is 49.2. The first-order valence-electron chi connectivity index (χ1n) is 30.4. The van der Waals surface area contributed by atoms with Crippen molar-refractivity contribution in [3.05, 3.63) is 155 Å². The van der Waals surface area contributed by atoms with Crippen LogP contribution in [0.2, 0.25) is 5.02 Å². The minimum atomic E-state index is -0.738. The molecule has 0 saturated carbocycles. The van der Waals surface area contributed by atoms with E-state index in [0.29, 0.717) is 13.2 Å². The van der Waals surface area contributed by atoms with Gasteiger partial charge in [0.1, 0.15) is 28.7 Å². The molecule has 10 nitrogen and oxygen atoms in total. The van der Waals surface area contributed by atoms with Gasteiger partial charge in [0.15, 0.2) is 5.75 Å². The molecule has 11 heteroatoms. The van der Waals surface area contributed by atoms with E-state index in [1.807, 2.05) is 48.5 Å². The molecule has 0 aromatic heterocycles. The highest BCUT2D eigenvalue weighted by Gasteiger charge is 2.16. The van der Waals surface area contributed by atoms with Gasteiger partial charge < -0.3 is 28.4 Å². The topological polar surface area (TPSA) is 124 Å². The maximum Gasteiger partial charge on any atom is 0.343 e. The normalized spacial score (nSPS) is 11.2. The summed E-state index contributed by atoms with van der Waals surface area (Å²) in [7, 11) is 0. The van der Waals surface area contributed by atoms with Gasteiger partial charge in [-0.1, -0.05) is 217 Å². The molecule has 0 fully saturated rings. The third-order valence-corrected chi connectivity index (χ3v) is 14.4. The third-order valence-electron chi connectivity index (χ3n) is 14.0. The maximum atomic E-state index is 13.1. The molecule has 5 aromatic rings. The maximum absolute atomic E-state index is 13.1. The first-order valence-corrected chi connectivity index (χ1v) is 30.8. The number of hydrogen-bond donors (Lipinski definition) is 0. The molecule has 0 saturated heterocycles. The molecular weight excluding hydrogens is 1040 g/mol. The van der Waals surface area contributed by atoms with Gasteiger partial charge >= 0.3 is 23.9 Å². The van der Waals surface area contributed by atoms with E-state index in [2.05, 4.69) is 13.8 Å². The largest absolute Gasteiger partial charge is 0.494 e. The lowest BCUT2D eigenvalue weighted by atomic mass is 10.0. The van der Waals surface area contributed by atoms with Crippen LogP contribution < -0.4 is 28.4 Å². The fourth-order valence-corrected chi connectivity index (χ4v) is 9.38. The summed E-state index contributed by atoms with van der Waals surface area (Å²) < 4.78 is 33.8. The molecule has 0 spiro atoms. The molecule has 0 aliphatic carbocycles. The summed E-state index contributed by atoms with van der Waals surface area (Å²) in [6, 6.07) is 31.1. The first-order chi connectivity index (χ1) is 39.7. The van der Waals surface area contributed by atoms with Gasteiger partial charge in [-0.2, -0.15) is 0 Å². The highest BCUT2D eigenvalue weighted by molar-refractivity contribution is 6.32. The van der Waals surface area contributed by atoms with Crippen LogP contribution in [0.1, 0.15) is 225 Å². The van der Waals surface area contributed by atoms with Crippen LogP contribution in [0.4, 0.5) is 0 Å². The van der Waals surface area contributed by atoms with Gasteiger partial charge in [-0.15, -0.1) is 0 Å². The summed E-state index contributed by atoms with van der Waals surface area (Å²) in [5.41, 5.74) is 1.99. The Hall–Kier alpha value is -6.65. The van der Waals surface area contributed by atoms with Crippen LogP contribution in [0.5, 0.6) is 34.5 Å². The van der Waals surface area contributed by atoms with Crippen LogP contribution in [0.15, 0.2) is 127 Å². The molecule has 0 atom stereocenters.